The summed E-state index contributed by atoms with van der Waals surface area (Å²) in [5.74, 6) is 2.12. The van der Waals surface area contributed by atoms with Gasteiger partial charge in [-0.1, -0.05) is 17.7 Å². The summed E-state index contributed by atoms with van der Waals surface area (Å²) < 4.78 is 2.23. The van der Waals surface area contributed by atoms with E-state index in [4.69, 9.17) is 0 Å². The zero-order valence-corrected chi connectivity index (χ0v) is 13.6. The number of aryl methyl sites for hydroxylation is 4. The van der Waals surface area contributed by atoms with Crippen LogP contribution in [0.2, 0.25) is 0 Å². The van der Waals surface area contributed by atoms with Gasteiger partial charge in [-0.2, -0.15) is 0 Å². The van der Waals surface area contributed by atoms with Crippen LogP contribution in [-0.4, -0.2) is 26.2 Å². The summed E-state index contributed by atoms with van der Waals surface area (Å²) in [6, 6.07) is 4.99. The van der Waals surface area contributed by atoms with E-state index in [2.05, 4.69) is 59.5 Å². The highest BCUT2D eigenvalue weighted by atomic mass is 15.3. The molecule has 0 unspecified atom stereocenters. The second kappa shape index (κ2) is 5.26. The summed E-state index contributed by atoms with van der Waals surface area (Å²) >= 11 is 0. The Morgan fingerprint density at radius 3 is 2.33 bits per heavy atom. The maximum absolute atomic E-state index is 4.31. The molecule has 0 aliphatic carbocycles. The van der Waals surface area contributed by atoms with E-state index in [9.17, 15) is 0 Å². The maximum atomic E-state index is 4.31. The van der Waals surface area contributed by atoms with E-state index < -0.39 is 0 Å². The summed E-state index contributed by atoms with van der Waals surface area (Å²) in [5, 5.41) is 8.51. The first-order valence-electron chi connectivity index (χ1n) is 7.68. The third-order valence-electron chi connectivity index (χ3n) is 4.67. The number of hydrogen-bond acceptors (Lipinski definition) is 3. The van der Waals surface area contributed by atoms with Crippen molar-refractivity contribution < 1.29 is 0 Å². The Hall–Kier alpha value is -1.68. The van der Waals surface area contributed by atoms with Crippen molar-refractivity contribution in [3.63, 3.8) is 0 Å². The molecule has 1 aromatic carbocycles. The molecular formula is C17H24N4. The fraction of sp³-hybridized carbons (Fsp3) is 0.529. The summed E-state index contributed by atoms with van der Waals surface area (Å²) in [5.41, 5.74) is 5.59. The number of nitrogens with zero attached hydrogens (tertiary/aromatic N) is 4. The third-order valence-corrected chi connectivity index (χ3v) is 4.67. The van der Waals surface area contributed by atoms with Gasteiger partial charge in [0.15, 0.2) is 0 Å². The average molecular weight is 284 g/mol. The van der Waals surface area contributed by atoms with Gasteiger partial charge in [-0.15, -0.1) is 10.2 Å². The van der Waals surface area contributed by atoms with Crippen molar-refractivity contribution in [3.05, 3.63) is 46.0 Å². The molecule has 0 N–H and O–H groups in total. The van der Waals surface area contributed by atoms with Crippen LogP contribution in [0.25, 0.3) is 0 Å². The molecule has 0 spiro atoms. The minimum atomic E-state index is 0.413. The molecule has 0 fully saturated rings. The lowest BCUT2D eigenvalue weighted by molar-refractivity contribution is 0.161. The molecule has 3 rings (SSSR count). The van der Waals surface area contributed by atoms with Crippen molar-refractivity contribution in [1.29, 1.82) is 0 Å². The van der Waals surface area contributed by atoms with Crippen LogP contribution in [-0.2, 0) is 13.1 Å². The van der Waals surface area contributed by atoms with Gasteiger partial charge in [-0.3, -0.25) is 4.90 Å². The summed E-state index contributed by atoms with van der Waals surface area (Å²) in [4.78, 5) is 2.51. The van der Waals surface area contributed by atoms with Crippen molar-refractivity contribution in [3.8, 4) is 0 Å². The van der Waals surface area contributed by atoms with Gasteiger partial charge in [0, 0.05) is 19.1 Å². The first-order chi connectivity index (χ1) is 9.97. The normalized spacial score (nSPS) is 16.8. The molecule has 1 aliphatic heterocycles. The minimum absolute atomic E-state index is 0.413. The Morgan fingerprint density at radius 2 is 1.67 bits per heavy atom. The molecule has 21 heavy (non-hydrogen) atoms. The van der Waals surface area contributed by atoms with Gasteiger partial charge in [0.25, 0.3) is 0 Å². The zero-order valence-electron chi connectivity index (χ0n) is 13.6. The number of hydrogen-bond donors (Lipinski definition) is 0. The van der Waals surface area contributed by atoms with Crippen molar-refractivity contribution in [2.45, 2.75) is 53.8 Å². The Labute approximate surface area is 126 Å². The van der Waals surface area contributed by atoms with Crippen LogP contribution in [0.3, 0.4) is 0 Å². The third kappa shape index (κ3) is 2.48. The van der Waals surface area contributed by atoms with Gasteiger partial charge < -0.3 is 4.57 Å². The molecule has 0 bridgehead atoms. The Balaban J connectivity index is 1.89. The van der Waals surface area contributed by atoms with Crippen LogP contribution in [0, 0.1) is 27.7 Å². The molecule has 0 saturated heterocycles. The lowest BCUT2D eigenvalue weighted by Crippen LogP contribution is -2.36. The molecule has 0 saturated carbocycles. The molecule has 4 nitrogen and oxygen atoms in total. The number of rotatable bonds is 2. The summed E-state index contributed by atoms with van der Waals surface area (Å²) in [6.45, 7) is 13.9. The molecular weight excluding hydrogens is 260 g/mol. The molecule has 0 amide bonds. The first kappa shape index (κ1) is 14.3. The lowest BCUT2D eigenvalue weighted by Gasteiger charge is -2.34. The SMILES string of the molecule is Cc1cc(C)c([C@H](C)N2CCn3c(C)nnc3C2)c(C)c1. The number of fused-ring (bicyclic) bond motifs is 1. The van der Waals surface area contributed by atoms with E-state index >= 15 is 0 Å². The standard InChI is InChI=1S/C17H24N4/c1-11-8-12(2)17(13(3)9-11)14(4)20-6-7-21-15(5)18-19-16(21)10-20/h8-9,14H,6-7,10H2,1-5H3/t14-/m0/s1. The van der Waals surface area contributed by atoms with Crippen LogP contribution in [0.4, 0.5) is 0 Å². The first-order valence-corrected chi connectivity index (χ1v) is 7.68. The smallest absolute Gasteiger partial charge is 0.147 e. The average Bonchev–Trinajstić information content (AvgIpc) is 2.78. The van der Waals surface area contributed by atoms with Crippen molar-refractivity contribution in [2.75, 3.05) is 6.54 Å². The van der Waals surface area contributed by atoms with E-state index in [0.717, 1.165) is 31.3 Å². The van der Waals surface area contributed by atoms with Gasteiger partial charge in [-0.05, 0) is 51.3 Å². The fourth-order valence-electron chi connectivity index (χ4n) is 3.69. The molecule has 0 radical (unpaired) electrons. The quantitative estimate of drug-likeness (QED) is 0.850. The van der Waals surface area contributed by atoms with Crippen molar-refractivity contribution in [2.24, 2.45) is 0 Å². The van der Waals surface area contributed by atoms with Crippen molar-refractivity contribution in [1.82, 2.24) is 19.7 Å². The fourth-order valence-corrected chi connectivity index (χ4v) is 3.69. The predicted octanol–water partition coefficient (Wildman–Crippen LogP) is 3.09. The molecule has 112 valence electrons. The highest BCUT2D eigenvalue weighted by Crippen LogP contribution is 2.30. The van der Waals surface area contributed by atoms with E-state index in [1.54, 1.807) is 0 Å². The van der Waals surface area contributed by atoms with E-state index in [1.807, 2.05) is 6.92 Å². The summed E-state index contributed by atoms with van der Waals surface area (Å²) in [7, 11) is 0. The topological polar surface area (TPSA) is 34.0 Å². The van der Waals surface area contributed by atoms with E-state index in [0.29, 0.717) is 6.04 Å². The second-order valence-corrected chi connectivity index (χ2v) is 6.27. The minimum Gasteiger partial charge on any atom is -0.313 e. The van der Waals surface area contributed by atoms with Gasteiger partial charge >= 0.3 is 0 Å². The van der Waals surface area contributed by atoms with Gasteiger partial charge in [0.05, 0.1) is 6.54 Å². The highest BCUT2D eigenvalue weighted by Gasteiger charge is 2.25. The Bertz CT molecular complexity index is 648. The zero-order chi connectivity index (χ0) is 15.1. The Kier molecular flexibility index (Phi) is 3.57. The van der Waals surface area contributed by atoms with Gasteiger partial charge in [-0.25, -0.2) is 0 Å². The van der Waals surface area contributed by atoms with E-state index in [1.165, 1.54) is 22.3 Å². The van der Waals surface area contributed by atoms with Gasteiger partial charge in [0.2, 0.25) is 0 Å². The van der Waals surface area contributed by atoms with Crippen LogP contribution in [0.15, 0.2) is 12.1 Å². The van der Waals surface area contributed by atoms with E-state index in [-0.39, 0.29) is 0 Å². The van der Waals surface area contributed by atoms with Crippen LogP contribution < -0.4 is 0 Å². The molecule has 1 aromatic heterocycles. The lowest BCUT2D eigenvalue weighted by atomic mass is 9.94. The molecule has 1 aliphatic rings. The number of benzene rings is 1. The van der Waals surface area contributed by atoms with Crippen LogP contribution in [0.5, 0.6) is 0 Å². The van der Waals surface area contributed by atoms with Gasteiger partial charge in [0.1, 0.15) is 11.6 Å². The maximum Gasteiger partial charge on any atom is 0.147 e. The van der Waals surface area contributed by atoms with Crippen LogP contribution >= 0.6 is 0 Å². The highest BCUT2D eigenvalue weighted by molar-refractivity contribution is 5.39. The summed E-state index contributed by atoms with van der Waals surface area (Å²) in [6.07, 6.45) is 0. The largest absolute Gasteiger partial charge is 0.313 e. The second-order valence-electron chi connectivity index (χ2n) is 6.27. The monoisotopic (exact) mass is 284 g/mol. The molecule has 2 heterocycles. The van der Waals surface area contributed by atoms with Crippen molar-refractivity contribution >= 4 is 0 Å². The van der Waals surface area contributed by atoms with Crippen LogP contribution in [0.1, 0.15) is 46.9 Å². The Morgan fingerprint density at radius 1 is 1.00 bits per heavy atom. The molecule has 4 heteroatoms. The predicted molar refractivity (Wildman–Crippen MR) is 84.2 cm³/mol. The molecule has 2 aromatic rings. The molecule has 1 atom stereocenters. The number of aromatic nitrogens is 3.